The van der Waals surface area contributed by atoms with Gasteiger partial charge in [-0.25, -0.2) is 0 Å². The normalized spacial score (nSPS) is 10.6. The van der Waals surface area contributed by atoms with E-state index in [4.69, 9.17) is 9.47 Å². The van der Waals surface area contributed by atoms with E-state index < -0.39 is 0 Å². The number of rotatable bonds is 9. The standard InChI is InChI=1S/C21H23N3O2S/c1-4-13-24-20(18-11-6-7-12-19(18)26-5-2)22-23-21(24)27-15-16-9-8-10-17(14-16)25-3/h4,6-12,14H,1,5,13,15H2,2-3H3. The van der Waals surface area contributed by atoms with Gasteiger partial charge in [0.2, 0.25) is 0 Å². The molecule has 0 amide bonds. The maximum atomic E-state index is 5.76. The number of nitrogens with zero attached hydrogens (tertiary/aromatic N) is 3. The molecule has 2 aromatic carbocycles. The van der Waals surface area contributed by atoms with Crippen molar-refractivity contribution in [1.29, 1.82) is 0 Å². The minimum absolute atomic E-state index is 0.601. The predicted molar refractivity (Wildman–Crippen MR) is 109 cm³/mol. The smallest absolute Gasteiger partial charge is 0.192 e. The van der Waals surface area contributed by atoms with Crippen molar-refractivity contribution in [3.8, 4) is 22.9 Å². The fourth-order valence-corrected chi connectivity index (χ4v) is 3.62. The highest BCUT2D eigenvalue weighted by atomic mass is 32.2. The van der Waals surface area contributed by atoms with Crippen molar-refractivity contribution >= 4 is 11.8 Å². The number of ether oxygens (including phenoxy) is 2. The molecule has 0 aliphatic rings. The molecular weight excluding hydrogens is 358 g/mol. The van der Waals surface area contributed by atoms with E-state index in [1.165, 1.54) is 5.56 Å². The van der Waals surface area contributed by atoms with E-state index in [1.807, 2.05) is 55.5 Å². The first-order valence-electron chi connectivity index (χ1n) is 8.78. The van der Waals surface area contributed by atoms with E-state index in [2.05, 4.69) is 27.4 Å². The molecule has 0 unspecified atom stereocenters. The summed E-state index contributed by atoms with van der Waals surface area (Å²) < 4.78 is 13.1. The molecule has 0 saturated heterocycles. The zero-order valence-corrected chi connectivity index (χ0v) is 16.4. The third kappa shape index (κ3) is 4.52. The minimum atomic E-state index is 0.601. The van der Waals surface area contributed by atoms with Crippen molar-refractivity contribution in [3.05, 3.63) is 66.7 Å². The molecule has 5 nitrogen and oxygen atoms in total. The lowest BCUT2D eigenvalue weighted by Crippen LogP contribution is -2.02. The van der Waals surface area contributed by atoms with E-state index in [9.17, 15) is 0 Å². The van der Waals surface area contributed by atoms with Gasteiger partial charge in [-0.2, -0.15) is 0 Å². The molecule has 0 radical (unpaired) electrons. The summed E-state index contributed by atoms with van der Waals surface area (Å²) in [4.78, 5) is 0. The number of thioether (sulfide) groups is 1. The van der Waals surface area contributed by atoms with E-state index in [-0.39, 0.29) is 0 Å². The highest BCUT2D eigenvalue weighted by Gasteiger charge is 2.17. The molecule has 0 aliphatic heterocycles. The Morgan fingerprint density at radius 2 is 2.00 bits per heavy atom. The van der Waals surface area contributed by atoms with Gasteiger partial charge in [-0.3, -0.25) is 4.57 Å². The van der Waals surface area contributed by atoms with Gasteiger partial charge in [0, 0.05) is 12.3 Å². The second-order valence-corrected chi connectivity index (χ2v) is 6.72. The SMILES string of the molecule is C=CCn1c(SCc2cccc(OC)c2)nnc1-c1ccccc1OCC. The van der Waals surface area contributed by atoms with Gasteiger partial charge in [0.1, 0.15) is 11.5 Å². The summed E-state index contributed by atoms with van der Waals surface area (Å²) in [5.74, 6) is 3.22. The molecule has 3 rings (SSSR count). The molecule has 6 heteroatoms. The summed E-state index contributed by atoms with van der Waals surface area (Å²) in [5.41, 5.74) is 2.10. The predicted octanol–water partition coefficient (Wildman–Crippen LogP) is 4.83. The van der Waals surface area contributed by atoms with Gasteiger partial charge >= 0.3 is 0 Å². The van der Waals surface area contributed by atoms with Gasteiger partial charge in [-0.15, -0.1) is 16.8 Å². The molecule has 0 fully saturated rings. The Kier molecular flexibility index (Phi) is 6.54. The molecule has 1 heterocycles. The number of hydrogen-bond acceptors (Lipinski definition) is 5. The van der Waals surface area contributed by atoms with Crippen LogP contribution in [0.25, 0.3) is 11.4 Å². The molecule has 140 valence electrons. The van der Waals surface area contributed by atoms with Gasteiger partial charge in [0.15, 0.2) is 11.0 Å². The number of allylic oxidation sites excluding steroid dienone is 1. The first kappa shape index (κ1) is 19.0. The molecule has 0 aliphatic carbocycles. The fourth-order valence-electron chi connectivity index (χ4n) is 2.73. The summed E-state index contributed by atoms with van der Waals surface area (Å²) in [6, 6.07) is 15.9. The van der Waals surface area contributed by atoms with Crippen LogP contribution in [0.4, 0.5) is 0 Å². The molecule has 1 aromatic heterocycles. The molecule has 0 N–H and O–H groups in total. The van der Waals surface area contributed by atoms with Crippen LogP contribution in [0.2, 0.25) is 0 Å². The van der Waals surface area contributed by atoms with Gasteiger partial charge in [-0.1, -0.05) is 42.1 Å². The van der Waals surface area contributed by atoms with Gasteiger partial charge in [0.25, 0.3) is 0 Å². The van der Waals surface area contributed by atoms with Crippen molar-refractivity contribution in [2.45, 2.75) is 24.4 Å². The molecule has 0 spiro atoms. The van der Waals surface area contributed by atoms with Crippen LogP contribution in [-0.4, -0.2) is 28.5 Å². The molecule has 3 aromatic rings. The lowest BCUT2D eigenvalue weighted by Gasteiger charge is -2.11. The Balaban J connectivity index is 1.88. The first-order chi connectivity index (χ1) is 13.3. The Hall–Kier alpha value is -2.73. The molecule has 0 bridgehead atoms. The van der Waals surface area contributed by atoms with E-state index in [1.54, 1.807) is 18.9 Å². The maximum absolute atomic E-state index is 5.76. The summed E-state index contributed by atoms with van der Waals surface area (Å²) >= 11 is 1.64. The zero-order chi connectivity index (χ0) is 19.1. The fraction of sp³-hybridized carbons (Fsp3) is 0.238. The number of benzene rings is 2. The van der Waals surface area contributed by atoms with E-state index >= 15 is 0 Å². The molecule has 27 heavy (non-hydrogen) atoms. The highest BCUT2D eigenvalue weighted by Crippen LogP contribution is 2.32. The topological polar surface area (TPSA) is 49.2 Å². The lowest BCUT2D eigenvalue weighted by atomic mass is 10.2. The number of para-hydroxylation sites is 1. The summed E-state index contributed by atoms with van der Waals surface area (Å²) in [6.45, 7) is 7.08. The quantitative estimate of drug-likeness (QED) is 0.392. The third-order valence-electron chi connectivity index (χ3n) is 3.96. The third-order valence-corrected chi connectivity index (χ3v) is 5.00. The molecule has 0 atom stereocenters. The minimum Gasteiger partial charge on any atom is -0.497 e. The lowest BCUT2D eigenvalue weighted by molar-refractivity contribution is 0.341. The average molecular weight is 382 g/mol. The number of methoxy groups -OCH3 is 1. The van der Waals surface area contributed by atoms with Crippen LogP contribution in [0.15, 0.2) is 66.3 Å². The second-order valence-electron chi connectivity index (χ2n) is 5.77. The molecular formula is C21H23N3O2S. The second kappa shape index (κ2) is 9.28. The average Bonchev–Trinajstić information content (AvgIpc) is 3.10. The first-order valence-corrected chi connectivity index (χ1v) is 9.77. The van der Waals surface area contributed by atoms with Crippen molar-refractivity contribution in [3.63, 3.8) is 0 Å². The Morgan fingerprint density at radius 3 is 2.78 bits per heavy atom. The summed E-state index contributed by atoms with van der Waals surface area (Å²) in [6.07, 6.45) is 1.85. The van der Waals surface area contributed by atoms with Gasteiger partial charge < -0.3 is 9.47 Å². The van der Waals surface area contributed by atoms with Crippen LogP contribution in [-0.2, 0) is 12.3 Å². The van der Waals surface area contributed by atoms with Crippen LogP contribution < -0.4 is 9.47 Å². The van der Waals surface area contributed by atoms with Crippen molar-refractivity contribution in [2.24, 2.45) is 0 Å². The van der Waals surface area contributed by atoms with Gasteiger partial charge in [0.05, 0.1) is 19.3 Å². The van der Waals surface area contributed by atoms with E-state index in [0.29, 0.717) is 13.2 Å². The van der Waals surface area contributed by atoms with Crippen LogP contribution in [0.5, 0.6) is 11.5 Å². The molecule has 0 saturated carbocycles. The Bertz CT molecular complexity index is 908. The summed E-state index contributed by atoms with van der Waals surface area (Å²) in [5, 5.41) is 9.69. The monoisotopic (exact) mass is 381 g/mol. The summed E-state index contributed by atoms with van der Waals surface area (Å²) in [7, 11) is 1.68. The van der Waals surface area contributed by atoms with Crippen molar-refractivity contribution in [2.75, 3.05) is 13.7 Å². The van der Waals surface area contributed by atoms with Crippen LogP contribution in [0.1, 0.15) is 12.5 Å². The number of aromatic nitrogens is 3. The zero-order valence-electron chi connectivity index (χ0n) is 15.6. The van der Waals surface area contributed by atoms with Crippen LogP contribution in [0, 0.1) is 0 Å². The Labute approximate surface area is 164 Å². The van der Waals surface area contributed by atoms with Gasteiger partial charge in [-0.05, 0) is 36.8 Å². The van der Waals surface area contributed by atoms with Crippen molar-refractivity contribution in [1.82, 2.24) is 14.8 Å². The highest BCUT2D eigenvalue weighted by molar-refractivity contribution is 7.98. The maximum Gasteiger partial charge on any atom is 0.192 e. The van der Waals surface area contributed by atoms with E-state index in [0.717, 1.165) is 33.8 Å². The van der Waals surface area contributed by atoms with Crippen LogP contribution >= 0.6 is 11.8 Å². The largest absolute Gasteiger partial charge is 0.497 e. The Morgan fingerprint density at radius 1 is 1.15 bits per heavy atom. The van der Waals surface area contributed by atoms with Crippen LogP contribution in [0.3, 0.4) is 0 Å². The number of hydrogen-bond donors (Lipinski definition) is 0. The van der Waals surface area contributed by atoms with Crippen molar-refractivity contribution < 1.29 is 9.47 Å².